The quantitative estimate of drug-likeness (QED) is 0.0112. The topological polar surface area (TPSA) is 632 Å². The lowest BCUT2D eigenvalue weighted by Crippen LogP contribution is -2.66. The molecule has 6 bridgehead atoms. The van der Waals surface area contributed by atoms with Gasteiger partial charge in [-0.3, -0.25) is 28.8 Å². The van der Waals surface area contributed by atoms with Gasteiger partial charge in [-0.1, -0.05) is 28.1 Å². The third-order valence-electron chi connectivity index (χ3n) is 23.0. The second kappa shape index (κ2) is 66.4. The van der Waals surface area contributed by atoms with E-state index in [4.69, 9.17) is 118 Å². The number of amides is 6. The maximum absolute atomic E-state index is 14.3. The Morgan fingerprint density at radius 2 is 0.722 bits per heavy atom. The molecule has 0 saturated carbocycles. The Balaban J connectivity index is 0.640. The molecule has 0 aliphatic carbocycles. The van der Waals surface area contributed by atoms with Gasteiger partial charge in [0.05, 0.1) is 314 Å². The highest BCUT2D eigenvalue weighted by atomic mass is 33.1. The summed E-state index contributed by atoms with van der Waals surface area (Å²) in [7, 11) is -0.410. The van der Waals surface area contributed by atoms with E-state index in [-0.39, 0.29) is 262 Å². The number of hydrogen-bond donors (Lipinski definition) is 13. The molecule has 0 unspecified atom stereocenters. The number of ether oxygens (including phenoxy) is 25. The van der Waals surface area contributed by atoms with Crippen LogP contribution in [-0.4, -0.2) is 482 Å². The Morgan fingerprint density at radius 1 is 0.396 bits per heavy atom. The molecule has 15 atom stereocenters. The molecule has 4 aromatic heterocycles. The van der Waals surface area contributed by atoms with E-state index in [9.17, 15) is 59.4 Å². The first-order valence-corrected chi connectivity index (χ1v) is 51.0. The van der Waals surface area contributed by atoms with Crippen LogP contribution in [0.3, 0.4) is 0 Å². The molecule has 6 amide bonds. The number of nitrogens with zero attached hydrogens (tertiary/aromatic N) is 10. The molecule has 6 fully saturated rings. The highest BCUT2D eigenvalue weighted by Gasteiger charge is 2.62. The van der Waals surface area contributed by atoms with Crippen LogP contribution in [0.5, 0.6) is 0 Å². The minimum atomic E-state index is -1.36. The van der Waals surface area contributed by atoms with E-state index >= 15 is 0 Å². The number of unbranched alkanes of at least 4 members (excludes halogenated alkanes) is 2. The zero-order valence-electron chi connectivity index (χ0n) is 82.1. The first-order chi connectivity index (χ1) is 70.0. The van der Waals surface area contributed by atoms with E-state index in [0.29, 0.717) is 121 Å². The Bertz CT molecular complexity index is 3950. The van der Waals surface area contributed by atoms with E-state index in [0.717, 1.165) is 5.03 Å². The molecule has 12 N–H and O–H groups in total. The van der Waals surface area contributed by atoms with E-state index < -0.39 is 124 Å². The van der Waals surface area contributed by atoms with Gasteiger partial charge in [0, 0.05) is 65.1 Å². The number of pyridine rings is 1. The van der Waals surface area contributed by atoms with Gasteiger partial charge in [-0.25, -0.2) is 19.0 Å². The van der Waals surface area contributed by atoms with Crippen molar-refractivity contribution < 1.29 is 178 Å². The highest BCUT2D eigenvalue weighted by molar-refractivity contribution is 8.78. The SMILES string of the molecule is CC(=O)N[C@H]1[C@H]2OC[C@@](COCCOCCOCCOCCn3cc(COCC(COCc4cn(CCOCCOCCOCCOC[C@]56CO[C@@H](O5)[C@H](NC(C)=O)[C@@H](O)[C@H]6O)nn4)(COCc4cn(CCOCCOCCOCCOC[C@]56CO[C@@H](O5)[C@H](NC(C)=O)[C@@H](O)[C@H]6O)nn4)NC(=O)CCCCCNC(=O)CCOCCOCCOCCOCCNC(=O)CC[S](S)c4ccccn4)nn3)(O2)[C@H](O)[C@@H]1O. The summed E-state index contributed by atoms with van der Waals surface area (Å²) in [6.45, 7) is 12.9. The molecule has 1 radical (unpaired) electrons. The van der Waals surface area contributed by atoms with Crippen LogP contribution in [0, 0.1) is 0 Å². The van der Waals surface area contributed by atoms with E-state index in [1.807, 2.05) is 18.2 Å². The van der Waals surface area contributed by atoms with E-state index in [1.165, 1.54) is 20.8 Å². The molecule has 6 aliphatic heterocycles. The van der Waals surface area contributed by atoms with Crippen molar-refractivity contribution in [2.45, 2.75) is 200 Å². The fourth-order valence-electron chi connectivity index (χ4n) is 15.6. The van der Waals surface area contributed by atoms with E-state index in [2.05, 4.69) is 79.5 Å². The first kappa shape index (κ1) is 119. The summed E-state index contributed by atoms with van der Waals surface area (Å²) in [5.41, 5.74) is -3.77. The second-order valence-electron chi connectivity index (χ2n) is 34.7. The average Bonchev–Trinajstić information content (AvgIpc) is 1.62. The Labute approximate surface area is 842 Å². The maximum Gasteiger partial charge on any atom is 0.222 e. The van der Waals surface area contributed by atoms with Gasteiger partial charge < -0.3 is 181 Å². The summed E-state index contributed by atoms with van der Waals surface area (Å²) in [5.74, 6) is -1.18. The van der Waals surface area contributed by atoms with Gasteiger partial charge >= 0.3 is 0 Å². The van der Waals surface area contributed by atoms with Gasteiger partial charge in [-0.15, -0.1) is 36.9 Å². The molecule has 0 spiro atoms. The molecular weight excluding hydrogens is 1950 g/mol. The second-order valence-corrected chi connectivity index (χ2v) is 37.5. The summed E-state index contributed by atoms with van der Waals surface area (Å²) in [5, 5.41) is 108. The van der Waals surface area contributed by atoms with Gasteiger partial charge in [0.25, 0.3) is 0 Å². The Hall–Kier alpha value is -7.15. The Kier molecular flexibility index (Phi) is 54.8. The number of aliphatic hydroxyl groups is 6. The van der Waals surface area contributed by atoms with Gasteiger partial charge in [0.1, 0.15) is 94.2 Å². The normalized spacial score (nSPS) is 23.8. The number of nitrogens with one attached hydrogen (secondary N) is 6. The van der Waals surface area contributed by atoms with Crippen molar-refractivity contribution in [1.82, 2.24) is 81.9 Å². The summed E-state index contributed by atoms with van der Waals surface area (Å²) in [6, 6.07) is 2.88. The number of fused-ring (bicyclic) bond motifs is 6. The monoisotopic (exact) mass is 2100 g/mol. The molecule has 4 aromatic rings. The third-order valence-corrected chi connectivity index (χ3v) is 25.4. The van der Waals surface area contributed by atoms with Crippen LogP contribution in [0.15, 0.2) is 48.0 Å². The molecule has 6 aliphatic rings. The van der Waals surface area contributed by atoms with Gasteiger partial charge in [0.15, 0.2) is 18.9 Å². The molecule has 144 heavy (non-hydrogen) atoms. The summed E-state index contributed by atoms with van der Waals surface area (Å²) >= 11 is 4.58. The number of aromatic nitrogens is 10. The molecule has 0 aromatic carbocycles. The van der Waals surface area contributed by atoms with Crippen molar-refractivity contribution in [3.05, 3.63) is 60.1 Å². The lowest BCUT2D eigenvalue weighted by Gasteiger charge is -2.42. The van der Waals surface area contributed by atoms with Crippen molar-refractivity contribution in [3.63, 3.8) is 0 Å². The molecule has 55 heteroatoms. The largest absolute Gasteiger partial charge is 0.388 e. The van der Waals surface area contributed by atoms with Crippen molar-refractivity contribution in [3.8, 4) is 0 Å². The summed E-state index contributed by atoms with van der Waals surface area (Å²) in [4.78, 5) is 78.5. The molecule has 10 rings (SSSR count). The standard InChI is InChI=1S/C89H147N16O37S2/c1-64(106)93-74-77(112)80(115)87(61-137-83(74)140-87)58-131-45-42-128-39-36-125-31-26-120-21-16-103-49-67(97-100-103)52-134-55-86(56-135-53-68-50-104(101-98-68)17-22-121-27-32-126-37-40-129-43-46-132-59-88-62-138-84(141-88)75(94-65(2)107)78(113)81(88)116,57-136-54-69-51-105(102-99-69)18-23-122-28-33-127-38-41-130-44-47-133-60-89-63-139-85(142-89)76(95-66(3)108)79(114)82(89)117)96-72(111)9-5-4-7-13-90-70(109)11-19-118-24-29-123-34-35-124-30-25-119-20-15-91-71(110)12-48-144(143)73-10-6-8-14-92-73/h6,8,10,14,49-51,74-85,112-117,143H,4-5,7,9,11-13,15-48,52-63H2,1-3H3,(H,90,109)(H,91,110)(H,93,106)(H,94,107)(H,95,108)(H,96,111)/t74-,75-,76-,77-,78-,79-,80-,81-,82-,83+,84+,85+,87-,88-,89-/m1/s1. The van der Waals surface area contributed by atoms with Crippen molar-refractivity contribution in [1.29, 1.82) is 0 Å². The van der Waals surface area contributed by atoms with Crippen LogP contribution in [0.1, 0.15) is 76.4 Å². The van der Waals surface area contributed by atoms with Crippen LogP contribution >= 0.6 is 21.6 Å². The predicted octanol–water partition coefficient (Wildman–Crippen LogP) is -5.27. The maximum atomic E-state index is 14.3. The van der Waals surface area contributed by atoms with Crippen molar-refractivity contribution >= 4 is 57.0 Å². The summed E-state index contributed by atoms with van der Waals surface area (Å²) in [6.07, 6.45) is -1.66. The molecule has 53 nitrogen and oxygen atoms in total. The average molecular weight is 2100 g/mol. The lowest BCUT2D eigenvalue weighted by molar-refractivity contribution is -0.238. The number of hydrogen-bond acceptors (Lipinski definition) is 45. The van der Waals surface area contributed by atoms with Crippen LogP contribution in [0.2, 0.25) is 0 Å². The third kappa shape index (κ3) is 42.0. The van der Waals surface area contributed by atoms with Crippen molar-refractivity contribution in [2.24, 2.45) is 0 Å². The van der Waals surface area contributed by atoms with Crippen LogP contribution in [0.25, 0.3) is 0 Å². The molecular formula is C89H147N16O37S2. The molecule has 10 heterocycles. The number of thiol groups is 1. The minimum Gasteiger partial charge on any atom is -0.388 e. The van der Waals surface area contributed by atoms with Crippen LogP contribution in [0.4, 0.5) is 0 Å². The number of carbonyl (C=O) groups is 6. The fourth-order valence-corrected chi connectivity index (χ4v) is 17.2. The zero-order valence-corrected chi connectivity index (χ0v) is 83.8. The number of rotatable bonds is 83. The predicted molar refractivity (Wildman–Crippen MR) is 500 cm³/mol. The number of aliphatic hydroxyl groups excluding tert-OH is 6. The lowest BCUT2D eigenvalue weighted by atomic mass is 9.88. The van der Waals surface area contributed by atoms with Crippen LogP contribution in [-0.2, 0) is 187 Å². The molecule has 6 saturated heterocycles. The van der Waals surface area contributed by atoms with Gasteiger partial charge in [-0.2, -0.15) is 0 Å². The number of carbonyl (C=O) groups excluding carboxylic acids is 6. The fraction of sp³-hybridized carbons (Fsp3) is 0.809. The molecule has 817 valence electrons. The Morgan fingerprint density at radius 3 is 1.07 bits per heavy atom. The van der Waals surface area contributed by atoms with Gasteiger partial charge in [-0.05, 0) is 25.0 Å². The summed E-state index contributed by atoms with van der Waals surface area (Å²) < 4.78 is 149. The van der Waals surface area contributed by atoms with Crippen molar-refractivity contribution in [2.75, 3.05) is 270 Å². The zero-order chi connectivity index (χ0) is 102. The highest BCUT2D eigenvalue weighted by Crippen LogP contribution is 2.41. The van der Waals surface area contributed by atoms with Gasteiger partial charge in [0.2, 0.25) is 35.4 Å². The van der Waals surface area contributed by atoms with E-state index in [1.54, 1.807) is 38.8 Å². The minimum absolute atomic E-state index is 0.0240. The smallest absolute Gasteiger partial charge is 0.222 e. The van der Waals surface area contributed by atoms with Crippen LogP contribution < -0.4 is 31.9 Å². The first-order valence-electron chi connectivity index (χ1n) is 48.5.